The highest BCUT2D eigenvalue weighted by Gasteiger charge is 2.20. The summed E-state index contributed by atoms with van der Waals surface area (Å²) < 4.78 is 11.6. The molecular weight excluding hydrogens is 358 g/mol. The average Bonchev–Trinajstić information content (AvgIpc) is 3.16. The maximum atomic E-state index is 11.9. The number of rotatable bonds is 4. The Morgan fingerprint density at radius 1 is 1.32 bits per heavy atom. The number of carbonyl (C=O) groups is 1. The van der Waals surface area contributed by atoms with Gasteiger partial charge in [0.05, 0.1) is 18.7 Å². The zero-order valence-corrected chi connectivity index (χ0v) is 15.2. The molecule has 0 fully saturated rings. The van der Waals surface area contributed by atoms with Crippen molar-refractivity contribution in [1.82, 2.24) is 15.4 Å². The number of aromatic amines is 1. The van der Waals surface area contributed by atoms with Gasteiger partial charge >= 0.3 is 0 Å². The molecule has 0 saturated carbocycles. The van der Waals surface area contributed by atoms with Gasteiger partial charge in [0.2, 0.25) is 5.91 Å². The van der Waals surface area contributed by atoms with Crippen LogP contribution in [0.25, 0.3) is 11.3 Å². The smallest absolute Gasteiger partial charge is 0.230 e. The molecule has 0 spiro atoms. The van der Waals surface area contributed by atoms with Crippen LogP contribution in [0.5, 0.6) is 11.5 Å². The van der Waals surface area contributed by atoms with Crippen LogP contribution < -0.4 is 14.4 Å². The Bertz CT molecular complexity index is 1070. The van der Waals surface area contributed by atoms with Crippen LogP contribution in [0.3, 0.4) is 0 Å². The van der Waals surface area contributed by atoms with Crippen molar-refractivity contribution in [1.29, 1.82) is 5.26 Å². The summed E-state index contributed by atoms with van der Waals surface area (Å²) in [6, 6.07) is 15.0. The number of carbonyl (C=O) groups excluding carboxylic acids is 1. The van der Waals surface area contributed by atoms with Gasteiger partial charge in [0.25, 0.3) is 0 Å². The number of hydrogen-bond donors (Lipinski definition) is 1. The summed E-state index contributed by atoms with van der Waals surface area (Å²) >= 11 is 0. The van der Waals surface area contributed by atoms with E-state index in [1.165, 1.54) is 0 Å². The van der Waals surface area contributed by atoms with Crippen molar-refractivity contribution in [3.05, 3.63) is 53.7 Å². The summed E-state index contributed by atoms with van der Waals surface area (Å²) in [6.45, 7) is 0.682. The monoisotopic (exact) mass is 375 g/mol. The van der Waals surface area contributed by atoms with E-state index in [2.05, 4.69) is 15.4 Å². The van der Waals surface area contributed by atoms with Gasteiger partial charge in [-0.15, -0.1) is 5.10 Å². The fourth-order valence-electron chi connectivity index (χ4n) is 3.01. The maximum absolute atomic E-state index is 11.9. The first-order valence-corrected chi connectivity index (χ1v) is 8.72. The Balaban J connectivity index is 1.51. The van der Waals surface area contributed by atoms with Gasteiger partial charge in [-0.25, -0.2) is 5.10 Å². The first-order chi connectivity index (χ1) is 13.7. The highest BCUT2D eigenvalue weighted by molar-refractivity contribution is 5.95. The largest absolute Gasteiger partial charge is 0.491 e. The van der Waals surface area contributed by atoms with Crippen LogP contribution in [0.15, 0.2) is 42.5 Å². The number of amides is 1. The molecule has 1 amide bonds. The van der Waals surface area contributed by atoms with Crippen molar-refractivity contribution >= 4 is 11.6 Å². The summed E-state index contributed by atoms with van der Waals surface area (Å²) in [7, 11) is 1.74. The van der Waals surface area contributed by atoms with Gasteiger partial charge < -0.3 is 14.4 Å². The number of hydrogen-bond acceptors (Lipinski definition) is 6. The fourth-order valence-corrected chi connectivity index (χ4v) is 3.01. The molecule has 0 atom stereocenters. The van der Waals surface area contributed by atoms with E-state index >= 15 is 0 Å². The van der Waals surface area contributed by atoms with Crippen LogP contribution in [-0.4, -0.2) is 35.0 Å². The Labute approximate surface area is 161 Å². The van der Waals surface area contributed by atoms with Crippen molar-refractivity contribution < 1.29 is 14.3 Å². The molecule has 8 nitrogen and oxygen atoms in total. The second kappa shape index (κ2) is 7.40. The van der Waals surface area contributed by atoms with E-state index in [1.807, 2.05) is 42.5 Å². The lowest BCUT2D eigenvalue weighted by Gasteiger charge is -2.17. The highest BCUT2D eigenvalue weighted by Crippen LogP contribution is 2.34. The topological polar surface area (TPSA) is 104 Å². The molecule has 28 heavy (non-hydrogen) atoms. The molecular formula is C20H17N5O3. The molecule has 1 N–H and O–H groups in total. The number of nitriles is 1. The Kier molecular flexibility index (Phi) is 4.64. The molecule has 0 radical (unpaired) electrons. The van der Waals surface area contributed by atoms with Crippen molar-refractivity contribution in [3.8, 4) is 28.8 Å². The lowest BCUT2D eigenvalue weighted by atomic mass is 10.1. The number of H-pyrrole nitrogens is 1. The average molecular weight is 375 g/mol. The third kappa shape index (κ3) is 3.38. The second-order valence-corrected chi connectivity index (χ2v) is 6.32. The van der Waals surface area contributed by atoms with E-state index in [0.717, 1.165) is 16.8 Å². The summed E-state index contributed by atoms with van der Waals surface area (Å²) in [6.07, 6.45) is 0.348. The molecule has 4 rings (SSSR count). The molecule has 3 aromatic rings. The molecule has 1 aliphatic rings. The minimum absolute atomic E-state index is 0.0221. The van der Waals surface area contributed by atoms with Crippen LogP contribution in [0.4, 0.5) is 5.69 Å². The number of nitrogens with zero attached hydrogens (tertiary/aromatic N) is 4. The normalized spacial score (nSPS) is 13.3. The van der Waals surface area contributed by atoms with Gasteiger partial charge in [-0.1, -0.05) is 23.4 Å². The van der Waals surface area contributed by atoms with E-state index in [1.54, 1.807) is 18.0 Å². The standard InChI is InChI=1S/C20H17N5O3/c1-25-17-6-5-15(10-18(17)27-8-7-19(25)26)28-12-13-3-2-4-14(9-13)20-16(11-21)22-24-23-20/h2-6,9-10H,7-8,12H2,1H3,(H,22,23,24). The van der Waals surface area contributed by atoms with Crippen LogP contribution >= 0.6 is 0 Å². The Hall–Kier alpha value is -3.86. The zero-order valence-electron chi connectivity index (χ0n) is 15.2. The van der Waals surface area contributed by atoms with Crippen molar-refractivity contribution in [2.75, 3.05) is 18.6 Å². The molecule has 0 unspecified atom stereocenters. The molecule has 0 aliphatic carbocycles. The summed E-state index contributed by atoms with van der Waals surface area (Å²) in [5, 5.41) is 19.3. The van der Waals surface area contributed by atoms with Crippen molar-refractivity contribution in [2.45, 2.75) is 13.0 Å². The van der Waals surface area contributed by atoms with Gasteiger partial charge in [0, 0.05) is 18.7 Å². The maximum Gasteiger partial charge on any atom is 0.230 e. The van der Waals surface area contributed by atoms with Gasteiger partial charge in [0.15, 0.2) is 5.69 Å². The lowest BCUT2D eigenvalue weighted by molar-refractivity contribution is -0.118. The zero-order chi connectivity index (χ0) is 19.5. The molecule has 2 heterocycles. The minimum atomic E-state index is 0.0221. The Morgan fingerprint density at radius 3 is 3.07 bits per heavy atom. The molecule has 0 saturated heterocycles. The first-order valence-electron chi connectivity index (χ1n) is 8.72. The first kappa shape index (κ1) is 17.5. The van der Waals surface area contributed by atoms with Crippen molar-refractivity contribution in [2.24, 2.45) is 0 Å². The van der Waals surface area contributed by atoms with Gasteiger partial charge in [-0.3, -0.25) is 4.79 Å². The minimum Gasteiger partial charge on any atom is -0.491 e. The van der Waals surface area contributed by atoms with Crippen LogP contribution in [0, 0.1) is 11.3 Å². The lowest BCUT2D eigenvalue weighted by Crippen LogP contribution is -2.25. The van der Waals surface area contributed by atoms with E-state index in [4.69, 9.17) is 14.7 Å². The number of benzene rings is 2. The quantitative estimate of drug-likeness (QED) is 0.752. The summed E-state index contributed by atoms with van der Waals surface area (Å²) in [5.74, 6) is 1.29. The SMILES string of the molecule is CN1C(=O)CCOc2cc(OCc3cccc(-c4nn[nH]c4C#N)c3)ccc21. The highest BCUT2D eigenvalue weighted by atomic mass is 16.5. The third-order valence-electron chi connectivity index (χ3n) is 4.51. The summed E-state index contributed by atoms with van der Waals surface area (Å²) in [5.41, 5.74) is 3.27. The summed E-state index contributed by atoms with van der Waals surface area (Å²) in [4.78, 5) is 13.5. The molecule has 2 aromatic carbocycles. The number of nitrogens with one attached hydrogen (secondary N) is 1. The van der Waals surface area contributed by atoms with Gasteiger partial charge in [-0.2, -0.15) is 5.26 Å². The third-order valence-corrected chi connectivity index (χ3v) is 4.51. The van der Waals surface area contributed by atoms with Crippen LogP contribution in [0.1, 0.15) is 17.7 Å². The number of fused-ring (bicyclic) bond motifs is 1. The number of anilines is 1. The van der Waals surface area contributed by atoms with E-state index in [-0.39, 0.29) is 5.91 Å². The van der Waals surface area contributed by atoms with E-state index in [9.17, 15) is 4.79 Å². The predicted molar refractivity (Wildman–Crippen MR) is 101 cm³/mol. The molecule has 1 aliphatic heterocycles. The second-order valence-electron chi connectivity index (χ2n) is 6.32. The fraction of sp³-hybridized carbons (Fsp3) is 0.200. The number of ether oxygens (including phenoxy) is 2. The Morgan fingerprint density at radius 2 is 2.21 bits per heavy atom. The molecule has 8 heteroatoms. The molecule has 1 aromatic heterocycles. The van der Waals surface area contributed by atoms with Crippen LogP contribution in [-0.2, 0) is 11.4 Å². The van der Waals surface area contributed by atoms with Crippen LogP contribution in [0.2, 0.25) is 0 Å². The van der Waals surface area contributed by atoms with Gasteiger partial charge in [0.1, 0.15) is 29.9 Å². The molecule has 140 valence electrons. The molecule has 0 bridgehead atoms. The van der Waals surface area contributed by atoms with E-state index < -0.39 is 0 Å². The van der Waals surface area contributed by atoms with Gasteiger partial charge in [-0.05, 0) is 23.8 Å². The van der Waals surface area contributed by atoms with Crippen molar-refractivity contribution in [3.63, 3.8) is 0 Å². The predicted octanol–water partition coefficient (Wildman–Crippen LogP) is 2.67. The number of aromatic nitrogens is 3. The van der Waals surface area contributed by atoms with E-state index in [0.29, 0.717) is 42.5 Å².